The minimum atomic E-state index is -6.11. The summed E-state index contributed by atoms with van der Waals surface area (Å²) in [6.07, 6.45) is -14.0. The number of hydrogen-bond acceptors (Lipinski definition) is 4. The van der Waals surface area contributed by atoms with Gasteiger partial charge in [0.2, 0.25) is 0 Å². The van der Waals surface area contributed by atoms with Gasteiger partial charge in [-0.3, -0.25) is 9.69 Å². The lowest BCUT2D eigenvalue weighted by molar-refractivity contribution is -0.344. The highest BCUT2D eigenvalue weighted by atomic mass is 19.4. The highest BCUT2D eigenvalue weighted by Crippen LogP contribution is 3.19. The van der Waals surface area contributed by atoms with Crippen molar-refractivity contribution in [1.29, 1.82) is 0 Å². The van der Waals surface area contributed by atoms with Crippen LogP contribution < -0.4 is 0 Å². The molecule has 11 heteroatoms. The lowest BCUT2D eigenvalue weighted by Crippen LogP contribution is -2.72. The third-order valence-corrected chi connectivity index (χ3v) is 9.17. The molecule has 0 spiro atoms. The quantitative estimate of drug-likeness (QED) is 0.260. The molecule has 2 bridgehead atoms. The minimum Gasteiger partial charge on any atom is -0.459 e. The van der Waals surface area contributed by atoms with E-state index in [1.807, 2.05) is 0 Å². The molecule has 1 amide bonds. The predicted octanol–water partition coefficient (Wildman–Crippen LogP) is 7.53. The maximum atomic E-state index is 15.6. The van der Waals surface area contributed by atoms with Gasteiger partial charge >= 0.3 is 24.4 Å². The zero-order valence-corrected chi connectivity index (χ0v) is 24.6. The molecule has 2 atom stereocenters. The number of carbonyl (C=O) groups excluding carboxylic acids is 2. The van der Waals surface area contributed by atoms with Crippen LogP contribution in [0.15, 0.2) is 0 Å². The normalized spacial score (nSPS) is 34.6. The third-order valence-electron chi connectivity index (χ3n) is 9.17. The van der Waals surface area contributed by atoms with Crippen molar-refractivity contribution in [1.82, 2.24) is 4.90 Å². The highest BCUT2D eigenvalue weighted by Gasteiger charge is 3.32. The SMILES string of the molecule is CCOC(=O)N1C(C(F)(F)F)(C(F)(F)F)C2(C(=O)OC(C)(C)C)C3(C(C)(C)C)C1(C(C)(C)C)C23C(C)(C)C. The Kier molecular flexibility index (Phi) is 5.80. The molecule has 0 N–H and O–H groups in total. The lowest BCUT2D eigenvalue weighted by Gasteiger charge is -2.48. The largest absolute Gasteiger partial charge is 0.459 e. The van der Waals surface area contributed by atoms with Crippen LogP contribution in [0.4, 0.5) is 31.1 Å². The molecule has 2 aliphatic carbocycles. The van der Waals surface area contributed by atoms with Crippen molar-refractivity contribution in [2.45, 2.75) is 119 Å². The second-order valence-corrected chi connectivity index (χ2v) is 15.0. The number of alkyl halides is 6. The first kappa shape index (κ1) is 30.9. The van der Waals surface area contributed by atoms with Gasteiger partial charge in [0.15, 0.2) is 0 Å². The fraction of sp³-hybridized carbons (Fsp3) is 0.926. The van der Waals surface area contributed by atoms with Gasteiger partial charge in [0.05, 0.1) is 12.1 Å². The van der Waals surface area contributed by atoms with E-state index in [1.165, 1.54) is 48.5 Å². The maximum Gasteiger partial charge on any atom is 0.422 e. The van der Waals surface area contributed by atoms with Crippen molar-refractivity contribution in [3.05, 3.63) is 0 Å². The molecule has 0 radical (unpaired) electrons. The summed E-state index contributed by atoms with van der Waals surface area (Å²) in [6, 6.07) is 0. The minimum absolute atomic E-state index is 0.107. The summed E-state index contributed by atoms with van der Waals surface area (Å²) in [5, 5.41) is 0. The average molecular weight is 558 g/mol. The molecule has 5 nitrogen and oxygen atoms in total. The van der Waals surface area contributed by atoms with E-state index in [9.17, 15) is 9.59 Å². The van der Waals surface area contributed by atoms with Gasteiger partial charge in [0.25, 0.3) is 5.54 Å². The van der Waals surface area contributed by atoms with Crippen LogP contribution in [0.25, 0.3) is 0 Å². The average Bonchev–Trinajstić information content (AvgIpc) is 3.33. The Balaban J connectivity index is 2.77. The number of amides is 1. The van der Waals surface area contributed by atoms with Crippen LogP contribution in [-0.4, -0.2) is 52.6 Å². The molecule has 220 valence electrons. The number of rotatable bonds is 2. The Bertz CT molecular complexity index is 1010. The molecule has 0 aromatic rings. The number of carbonyl (C=O) groups is 2. The molecule has 2 aliphatic heterocycles. The third kappa shape index (κ3) is 2.51. The van der Waals surface area contributed by atoms with Crippen LogP contribution in [0, 0.1) is 32.5 Å². The van der Waals surface area contributed by atoms with Gasteiger partial charge in [-0.1, -0.05) is 62.3 Å². The summed E-state index contributed by atoms with van der Waals surface area (Å²) in [7, 11) is 0. The first-order valence-corrected chi connectivity index (χ1v) is 12.8. The molecular weight excluding hydrogens is 516 g/mol. The van der Waals surface area contributed by atoms with Gasteiger partial charge in [-0.25, -0.2) is 4.79 Å². The topological polar surface area (TPSA) is 55.8 Å². The molecule has 2 saturated heterocycles. The standard InChI is InChI=1S/C27H41F6NO4/c1-14-37-16(36)34-24(19(8,9)10)22(17(2,3)4)21(15(35)38-20(11,12)13,23(22,24)18(5,6)7)25(34,26(28,29)30)27(31,32)33/h14H2,1-13H3. The molecular formula is C27H41F6NO4. The summed E-state index contributed by atoms with van der Waals surface area (Å²) in [5.74, 6) is -1.60. The predicted molar refractivity (Wildman–Crippen MR) is 128 cm³/mol. The van der Waals surface area contributed by atoms with E-state index in [0.717, 1.165) is 0 Å². The molecule has 2 heterocycles. The zero-order chi connectivity index (χ0) is 30.4. The fourth-order valence-corrected chi connectivity index (χ4v) is 9.79. The smallest absolute Gasteiger partial charge is 0.422 e. The van der Waals surface area contributed by atoms with Crippen molar-refractivity contribution in [3.63, 3.8) is 0 Å². The van der Waals surface area contributed by atoms with E-state index >= 15 is 26.3 Å². The number of ether oxygens (including phenoxy) is 2. The van der Waals surface area contributed by atoms with Crippen molar-refractivity contribution in [2.75, 3.05) is 6.61 Å². The van der Waals surface area contributed by atoms with Crippen LogP contribution in [0.3, 0.4) is 0 Å². The highest BCUT2D eigenvalue weighted by molar-refractivity contribution is 6.01. The summed E-state index contributed by atoms with van der Waals surface area (Å²) in [4.78, 5) is 27.7. The van der Waals surface area contributed by atoms with E-state index in [2.05, 4.69) is 0 Å². The van der Waals surface area contributed by atoms with E-state index < -0.39 is 80.2 Å². The number of halogens is 6. The number of piperidine rings is 1. The van der Waals surface area contributed by atoms with Crippen molar-refractivity contribution < 1.29 is 45.4 Å². The summed E-state index contributed by atoms with van der Waals surface area (Å²) < 4.78 is 104. The molecule has 2 saturated carbocycles. The molecule has 0 aromatic heterocycles. The first-order chi connectivity index (χ1) is 16.5. The molecule has 4 fully saturated rings. The van der Waals surface area contributed by atoms with Gasteiger partial charge < -0.3 is 9.47 Å². The second-order valence-electron chi connectivity index (χ2n) is 15.0. The van der Waals surface area contributed by atoms with Crippen LogP contribution in [-0.2, 0) is 14.3 Å². The van der Waals surface area contributed by atoms with Crippen LogP contribution in [0.1, 0.15) is 90.0 Å². The summed E-state index contributed by atoms with van der Waals surface area (Å²) in [6.45, 7) is 18.8. The molecule has 4 aliphatic rings. The monoisotopic (exact) mass is 557 g/mol. The number of fused-ring (bicyclic) bond motifs is 1. The van der Waals surface area contributed by atoms with Crippen LogP contribution in [0.5, 0.6) is 0 Å². The van der Waals surface area contributed by atoms with Gasteiger partial charge in [0, 0.05) is 10.8 Å². The number of hydrogen-bond donors (Lipinski definition) is 0. The van der Waals surface area contributed by atoms with E-state index in [4.69, 9.17) is 9.47 Å². The molecule has 4 rings (SSSR count). The number of nitrogens with zero attached hydrogens (tertiary/aromatic N) is 1. The first-order valence-electron chi connectivity index (χ1n) is 12.8. The Labute approximate surface area is 221 Å². The molecule has 0 aromatic carbocycles. The zero-order valence-electron chi connectivity index (χ0n) is 24.6. The van der Waals surface area contributed by atoms with Crippen molar-refractivity contribution >= 4 is 12.1 Å². The summed E-state index contributed by atoms with van der Waals surface area (Å²) >= 11 is 0. The lowest BCUT2D eigenvalue weighted by atomic mass is 9.54. The van der Waals surface area contributed by atoms with E-state index in [0.29, 0.717) is 0 Å². The van der Waals surface area contributed by atoms with Gasteiger partial charge in [0.1, 0.15) is 11.0 Å². The van der Waals surface area contributed by atoms with Crippen LogP contribution >= 0.6 is 0 Å². The van der Waals surface area contributed by atoms with Gasteiger partial charge in [-0.15, -0.1) is 0 Å². The Hall–Kier alpha value is -1.68. The Morgan fingerprint density at radius 3 is 1.29 bits per heavy atom. The number of esters is 1. The van der Waals surface area contributed by atoms with Gasteiger partial charge in [-0.05, 0) is 43.9 Å². The van der Waals surface area contributed by atoms with Gasteiger partial charge in [-0.2, -0.15) is 26.3 Å². The summed E-state index contributed by atoms with van der Waals surface area (Å²) in [5.41, 5.74) is -19.4. The Morgan fingerprint density at radius 1 is 0.684 bits per heavy atom. The van der Waals surface area contributed by atoms with Crippen molar-refractivity contribution in [2.24, 2.45) is 32.5 Å². The van der Waals surface area contributed by atoms with E-state index in [1.54, 1.807) is 41.5 Å². The molecule has 2 unspecified atom stereocenters. The van der Waals surface area contributed by atoms with E-state index in [-0.39, 0.29) is 4.90 Å². The van der Waals surface area contributed by atoms with Crippen molar-refractivity contribution in [3.8, 4) is 0 Å². The van der Waals surface area contributed by atoms with Crippen LogP contribution in [0.2, 0.25) is 0 Å². The molecule has 38 heavy (non-hydrogen) atoms. The maximum absolute atomic E-state index is 15.6. The Morgan fingerprint density at radius 2 is 1.05 bits per heavy atom. The second kappa shape index (κ2) is 7.14. The fourth-order valence-electron chi connectivity index (χ4n) is 9.79.